The van der Waals surface area contributed by atoms with Crippen LogP contribution in [-0.2, 0) is 0 Å². The number of para-hydroxylation sites is 1. The molecule has 3 heterocycles. The molecule has 5 aromatic carbocycles. The summed E-state index contributed by atoms with van der Waals surface area (Å²) >= 11 is 0. The molecule has 0 aromatic heterocycles. The lowest BCUT2D eigenvalue weighted by atomic mass is 9.33. The van der Waals surface area contributed by atoms with E-state index in [1.54, 1.807) is 26.8 Å². The predicted molar refractivity (Wildman–Crippen MR) is 197 cm³/mol. The monoisotopic (exact) mass is 610 g/mol. The number of anilines is 5. The first kappa shape index (κ1) is 26.1. The SMILES string of the molecule is Cc1cc2c3c(c1)N(C14CC5CC(CC(C5)C1)C4)c1cccc4c1B3c1c(cccc1[Si]4(C)c1ccccc1)N2c1ccccc1. The van der Waals surface area contributed by atoms with Gasteiger partial charge < -0.3 is 9.80 Å². The molecule has 4 heteroatoms. The van der Waals surface area contributed by atoms with Gasteiger partial charge in [0.05, 0.1) is 0 Å². The Kier molecular flexibility index (Phi) is 5.03. The molecule has 4 bridgehead atoms. The first-order valence-corrected chi connectivity index (χ1v) is 20.2. The molecule has 0 spiro atoms. The first-order chi connectivity index (χ1) is 22.5. The van der Waals surface area contributed by atoms with E-state index in [9.17, 15) is 0 Å². The number of rotatable bonds is 3. The van der Waals surface area contributed by atoms with Gasteiger partial charge in [-0.15, -0.1) is 0 Å². The Morgan fingerprint density at radius 3 is 1.83 bits per heavy atom. The van der Waals surface area contributed by atoms with Gasteiger partial charge in [0.1, 0.15) is 8.07 Å². The molecule has 4 aliphatic carbocycles. The standard InChI is InChI=1S/C42H39BN2Si/c1-27-19-35-39-36(20-27)45(42-24-28-21-29(25-42)23-30(22-28)26-42)34-16-10-18-38-41(34)43(39)40-33(44(35)31-11-5-3-6-12-31)15-9-17-37(40)46(38,2)32-13-7-4-8-14-32/h3-20,28-30H,21-26H2,1-2H3. The molecule has 4 fully saturated rings. The van der Waals surface area contributed by atoms with E-state index in [0.717, 1.165) is 17.8 Å². The van der Waals surface area contributed by atoms with Crippen LogP contribution >= 0.6 is 0 Å². The van der Waals surface area contributed by atoms with Crippen LogP contribution < -0.4 is 41.7 Å². The zero-order valence-electron chi connectivity index (χ0n) is 26.8. The maximum atomic E-state index is 2.99. The van der Waals surface area contributed by atoms with Crippen molar-refractivity contribution in [2.75, 3.05) is 9.80 Å². The van der Waals surface area contributed by atoms with Crippen LogP contribution in [0.2, 0.25) is 6.55 Å². The topological polar surface area (TPSA) is 6.48 Å². The van der Waals surface area contributed by atoms with E-state index in [1.807, 2.05) is 0 Å². The Hall–Kier alpha value is -4.02. The number of hydrogen-bond donors (Lipinski definition) is 0. The van der Waals surface area contributed by atoms with Crippen molar-refractivity contribution in [2.45, 2.75) is 57.5 Å². The third-order valence-corrected chi connectivity index (χ3v) is 17.7. The summed E-state index contributed by atoms with van der Waals surface area (Å²) in [4.78, 5) is 5.61. The van der Waals surface area contributed by atoms with Gasteiger partial charge >= 0.3 is 0 Å². The van der Waals surface area contributed by atoms with Gasteiger partial charge in [-0.2, -0.15) is 0 Å². The molecular formula is C42H39BN2Si. The minimum absolute atomic E-state index is 0.218. The molecule has 2 nitrogen and oxygen atoms in total. The highest BCUT2D eigenvalue weighted by Gasteiger charge is 2.59. The summed E-state index contributed by atoms with van der Waals surface area (Å²) < 4.78 is 0. The maximum Gasteiger partial charge on any atom is 0.251 e. The third kappa shape index (κ3) is 3.15. The molecule has 3 aliphatic heterocycles. The van der Waals surface area contributed by atoms with Gasteiger partial charge in [-0.25, -0.2) is 0 Å². The Bertz CT molecular complexity index is 2060. The van der Waals surface area contributed by atoms with Gasteiger partial charge in [0.25, 0.3) is 6.71 Å². The quantitative estimate of drug-likeness (QED) is 0.223. The average Bonchev–Trinajstić information content (AvgIpc) is 3.06. The van der Waals surface area contributed by atoms with E-state index in [0.29, 0.717) is 0 Å². The van der Waals surface area contributed by atoms with Crippen LogP contribution in [0.1, 0.15) is 44.1 Å². The van der Waals surface area contributed by atoms with Gasteiger partial charge in [0, 0.05) is 34.0 Å². The maximum absolute atomic E-state index is 2.99. The van der Waals surface area contributed by atoms with Crippen molar-refractivity contribution in [3.8, 4) is 0 Å². The highest BCUT2D eigenvalue weighted by Crippen LogP contribution is 2.60. The van der Waals surface area contributed by atoms with E-state index in [1.165, 1.54) is 77.7 Å². The van der Waals surface area contributed by atoms with Crippen LogP contribution in [0, 0.1) is 24.7 Å². The highest BCUT2D eigenvalue weighted by molar-refractivity contribution is 7.21. The van der Waals surface area contributed by atoms with Crippen molar-refractivity contribution >= 4 is 75.2 Å². The van der Waals surface area contributed by atoms with E-state index in [2.05, 4.69) is 132 Å². The van der Waals surface area contributed by atoms with E-state index in [-0.39, 0.29) is 12.3 Å². The van der Waals surface area contributed by atoms with Crippen LogP contribution in [0.25, 0.3) is 0 Å². The molecule has 1 unspecified atom stereocenters. The molecule has 7 aliphatic rings. The molecule has 0 radical (unpaired) electrons. The summed E-state index contributed by atoms with van der Waals surface area (Å²) in [6, 6.07) is 42.6. The van der Waals surface area contributed by atoms with Crippen molar-refractivity contribution in [2.24, 2.45) is 17.8 Å². The van der Waals surface area contributed by atoms with Crippen LogP contribution in [0.3, 0.4) is 0 Å². The molecule has 0 N–H and O–H groups in total. The Labute approximate surface area is 274 Å². The number of nitrogens with zero attached hydrogens (tertiary/aromatic N) is 2. The summed E-state index contributed by atoms with van der Waals surface area (Å²) in [6.45, 7) is 5.24. The molecule has 46 heavy (non-hydrogen) atoms. The van der Waals surface area contributed by atoms with E-state index >= 15 is 0 Å². The predicted octanol–water partition coefficient (Wildman–Crippen LogP) is 6.13. The molecule has 12 rings (SSSR count). The summed E-state index contributed by atoms with van der Waals surface area (Å²) in [7, 11) is -2.35. The van der Waals surface area contributed by atoms with Crippen molar-refractivity contribution < 1.29 is 0 Å². The van der Waals surface area contributed by atoms with Gasteiger partial charge in [0.15, 0.2) is 0 Å². The second-order valence-electron chi connectivity index (χ2n) is 15.8. The highest BCUT2D eigenvalue weighted by atomic mass is 28.3. The molecule has 5 aromatic rings. The third-order valence-electron chi connectivity index (χ3n) is 13.2. The Morgan fingerprint density at radius 2 is 1.17 bits per heavy atom. The zero-order chi connectivity index (χ0) is 30.4. The Balaban J connectivity index is 1.29. The molecular weight excluding hydrogens is 571 g/mol. The number of aryl methyl sites for hydroxylation is 1. The van der Waals surface area contributed by atoms with Gasteiger partial charge in [-0.1, -0.05) is 89.7 Å². The molecule has 224 valence electrons. The first-order valence-electron chi connectivity index (χ1n) is 17.7. The van der Waals surface area contributed by atoms with Crippen LogP contribution in [0.4, 0.5) is 28.4 Å². The van der Waals surface area contributed by atoms with E-state index < -0.39 is 8.07 Å². The smallest absolute Gasteiger partial charge is 0.251 e. The van der Waals surface area contributed by atoms with Gasteiger partial charge in [-0.05, 0) is 127 Å². The van der Waals surface area contributed by atoms with Crippen molar-refractivity contribution in [1.29, 1.82) is 0 Å². The lowest BCUT2D eigenvalue weighted by Crippen LogP contribution is -2.84. The largest absolute Gasteiger partial charge is 0.336 e. The van der Waals surface area contributed by atoms with Gasteiger partial charge in [0.2, 0.25) is 0 Å². The lowest BCUT2D eigenvalue weighted by Gasteiger charge is -2.63. The molecule has 0 amide bonds. The second-order valence-corrected chi connectivity index (χ2v) is 19.7. The van der Waals surface area contributed by atoms with Crippen molar-refractivity contribution in [1.82, 2.24) is 0 Å². The Morgan fingerprint density at radius 1 is 0.609 bits per heavy atom. The van der Waals surface area contributed by atoms with Gasteiger partial charge in [-0.3, -0.25) is 0 Å². The van der Waals surface area contributed by atoms with Crippen molar-refractivity contribution in [3.63, 3.8) is 0 Å². The summed E-state index contributed by atoms with van der Waals surface area (Å²) in [6.07, 6.45) is 8.46. The summed E-state index contributed by atoms with van der Waals surface area (Å²) in [5.74, 6) is 2.67. The molecule has 1 atom stereocenters. The number of benzene rings is 5. The fourth-order valence-electron chi connectivity index (χ4n) is 12.0. The van der Waals surface area contributed by atoms with Crippen LogP contribution in [0.5, 0.6) is 0 Å². The molecule has 4 saturated carbocycles. The van der Waals surface area contributed by atoms with Crippen molar-refractivity contribution in [3.05, 3.63) is 115 Å². The van der Waals surface area contributed by atoms with E-state index in [4.69, 9.17) is 0 Å². The summed E-state index contributed by atoms with van der Waals surface area (Å²) in [5.41, 5.74) is 13.4. The second kappa shape index (κ2) is 8.86. The van der Waals surface area contributed by atoms with Crippen LogP contribution in [-0.4, -0.2) is 20.3 Å². The fraction of sp³-hybridized carbons (Fsp3) is 0.286. The zero-order valence-corrected chi connectivity index (χ0v) is 27.8. The summed E-state index contributed by atoms with van der Waals surface area (Å²) in [5, 5.41) is 4.74. The minimum atomic E-state index is -2.35. The van der Waals surface area contributed by atoms with Crippen LogP contribution in [0.15, 0.2) is 109 Å². The normalized spacial score (nSPS) is 28.8. The number of hydrogen-bond acceptors (Lipinski definition) is 2. The molecule has 0 saturated heterocycles. The fourth-order valence-corrected chi connectivity index (χ4v) is 16.3. The minimum Gasteiger partial charge on any atom is -0.336 e. The average molecular weight is 611 g/mol. The lowest BCUT2D eigenvalue weighted by molar-refractivity contribution is 0.000640.